The molecule has 5 nitrogen and oxygen atoms in total. The van der Waals surface area contributed by atoms with Crippen molar-refractivity contribution >= 4 is 5.91 Å². The maximum absolute atomic E-state index is 11.3. The van der Waals surface area contributed by atoms with E-state index >= 15 is 0 Å². The standard InChI is InChI=1S/C16H22N4O/c1-11-15(10-19(4)13(3)16(17)21)12(2)20(18-11)14-8-6-5-7-9-14/h5-9,13H,10H2,1-4H3,(H2,17,21)/t13-/m1/s1. The van der Waals surface area contributed by atoms with Gasteiger partial charge < -0.3 is 5.73 Å². The largest absolute Gasteiger partial charge is 0.368 e. The van der Waals surface area contributed by atoms with E-state index in [9.17, 15) is 4.79 Å². The zero-order chi connectivity index (χ0) is 15.6. The van der Waals surface area contributed by atoms with Crippen molar-refractivity contribution in [3.05, 3.63) is 47.3 Å². The molecule has 2 aromatic rings. The van der Waals surface area contributed by atoms with Gasteiger partial charge in [0.25, 0.3) is 0 Å². The molecule has 0 spiro atoms. The smallest absolute Gasteiger partial charge is 0.234 e. The van der Waals surface area contributed by atoms with Crippen LogP contribution in [0.5, 0.6) is 0 Å². The first-order chi connectivity index (χ1) is 9.91. The molecule has 0 saturated heterocycles. The molecule has 0 aliphatic heterocycles. The summed E-state index contributed by atoms with van der Waals surface area (Å²) in [6.45, 7) is 6.50. The summed E-state index contributed by atoms with van der Waals surface area (Å²) in [6, 6.07) is 9.72. The van der Waals surface area contributed by atoms with Crippen LogP contribution in [0.1, 0.15) is 23.9 Å². The number of hydrogen-bond donors (Lipinski definition) is 1. The Hall–Kier alpha value is -2.14. The van der Waals surface area contributed by atoms with E-state index in [1.807, 2.05) is 67.7 Å². The van der Waals surface area contributed by atoms with Crippen LogP contribution in [0.4, 0.5) is 0 Å². The molecule has 0 fully saturated rings. The van der Waals surface area contributed by atoms with E-state index in [1.54, 1.807) is 0 Å². The number of nitrogens with zero attached hydrogens (tertiary/aromatic N) is 3. The van der Waals surface area contributed by atoms with Crippen molar-refractivity contribution in [3.63, 3.8) is 0 Å². The summed E-state index contributed by atoms with van der Waals surface area (Å²) in [7, 11) is 1.90. The fourth-order valence-corrected chi connectivity index (χ4v) is 2.33. The third-order valence-corrected chi connectivity index (χ3v) is 3.92. The Labute approximate surface area is 125 Å². The Morgan fingerprint density at radius 1 is 1.33 bits per heavy atom. The predicted molar refractivity (Wildman–Crippen MR) is 83.2 cm³/mol. The lowest BCUT2D eigenvalue weighted by Gasteiger charge is -2.22. The van der Waals surface area contributed by atoms with Crippen LogP contribution in [0.15, 0.2) is 30.3 Å². The monoisotopic (exact) mass is 286 g/mol. The molecule has 1 aromatic heterocycles. The molecule has 21 heavy (non-hydrogen) atoms. The van der Waals surface area contributed by atoms with Gasteiger partial charge in [-0.1, -0.05) is 18.2 Å². The van der Waals surface area contributed by atoms with Gasteiger partial charge in [-0.15, -0.1) is 0 Å². The van der Waals surface area contributed by atoms with Gasteiger partial charge in [-0.05, 0) is 40.0 Å². The maximum Gasteiger partial charge on any atom is 0.234 e. The fourth-order valence-electron chi connectivity index (χ4n) is 2.33. The summed E-state index contributed by atoms with van der Waals surface area (Å²) >= 11 is 0. The quantitative estimate of drug-likeness (QED) is 0.911. The highest BCUT2D eigenvalue weighted by molar-refractivity contribution is 5.79. The van der Waals surface area contributed by atoms with Gasteiger partial charge in [0, 0.05) is 17.8 Å². The minimum Gasteiger partial charge on any atom is -0.368 e. The summed E-state index contributed by atoms with van der Waals surface area (Å²) in [5, 5.41) is 4.61. The summed E-state index contributed by atoms with van der Waals surface area (Å²) in [6.07, 6.45) is 0. The molecular weight excluding hydrogens is 264 g/mol. The van der Waals surface area contributed by atoms with Gasteiger partial charge in [-0.25, -0.2) is 4.68 Å². The Kier molecular flexibility index (Phi) is 4.43. The van der Waals surface area contributed by atoms with E-state index < -0.39 is 0 Å². The summed E-state index contributed by atoms with van der Waals surface area (Å²) in [5.41, 5.74) is 9.59. The van der Waals surface area contributed by atoms with Crippen LogP contribution in [0, 0.1) is 13.8 Å². The molecule has 1 amide bonds. The molecule has 1 aromatic carbocycles. The first-order valence-corrected chi connectivity index (χ1v) is 7.02. The highest BCUT2D eigenvalue weighted by Crippen LogP contribution is 2.19. The Morgan fingerprint density at radius 2 is 1.95 bits per heavy atom. The lowest BCUT2D eigenvalue weighted by atomic mass is 10.1. The number of likely N-dealkylation sites (N-methyl/N-ethyl adjacent to an activating group) is 1. The summed E-state index contributed by atoms with van der Waals surface area (Å²) < 4.78 is 1.94. The zero-order valence-electron chi connectivity index (χ0n) is 13.0. The molecule has 1 heterocycles. The zero-order valence-corrected chi connectivity index (χ0v) is 13.0. The molecule has 0 radical (unpaired) electrons. The molecule has 0 aliphatic rings. The van der Waals surface area contributed by atoms with Gasteiger partial charge in [0.15, 0.2) is 0 Å². The topological polar surface area (TPSA) is 64.2 Å². The molecule has 0 saturated carbocycles. The highest BCUT2D eigenvalue weighted by Gasteiger charge is 2.19. The van der Waals surface area contributed by atoms with Crippen molar-refractivity contribution < 1.29 is 4.79 Å². The Morgan fingerprint density at radius 3 is 2.52 bits per heavy atom. The molecule has 0 unspecified atom stereocenters. The van der Waals surface area contributed by atoms with Crippen LogP contribution in [-0.4, -0.2) is 33.7 Å². The van der Waals surface area contributed by atoms with Gasteiger partial charge in [0.05, 0.1) is 17.4 Å². The van der Waals surface area contributed by atoms with Crippen LogP contribution in [-0.2, 0) is 11.3 Å². The first-order valence-electron chi connectivity index (χ1n) is 7.02. The number of carbonyl (C=O) groups excluding carboxylic acids is 1. The molecule has 112 valence electrons. The highest BCUT2D eigenvalue weighted by atomic mass is 16.1. The van der Waals surface area contributed by atoms with E-state index in [0.717, 1.165) is 22.6 Å². The number of aryl methyl sites for hydroxylation is 1. The van der Waals surface area contributed by atoms with Crippen LogP contribution >= 0.6 is 0 Å². The average molecular weight is 286 g/mol. The van der Waals surface area contributed by atoms with E-state index in [4.69, 9.17) is 5.73 Å². The van der Waals surface area contributed by atoms with Crippen molar-refractivity contribution in [3.8, 4) is 5.69 Å². The molecule has 2 rings (SSSR count). The molecular formula is C16H22N4O. The minimum absolute atomic E-state index is 0.302. The lowest BCUT2D eigenvalue weighted by molar-refractivity contribution is -0.122. The van der Waals surface area contributed by atoms with Crippen molar-refractivity contribution in [2.45, 2.75) is 33.4 Å². The van der Waals surface area contributed by atoms with Gasteiger partial charge in [0.2, 0.25) is 5.91 Å². The van der Waals surface area contributed by atoms with Crippen molar-refractivity contribution in [1.29, 1.82) is 0 Å². The number of aromatic nitrogens is 2. The first kappa shape index (κ1) is 15.3. The van der Waals surface area contributed by atoms with Gasteiger partial charge in [-0.2, -0.15) is 5.10 Å². The number of nitrogens with two attached hydrogens (primary N) is 1. The average Bonchev–Trinajstić information content (AvgIpc) is 2.75. The normalized spacial score (nSPS) is 12.6. The summed E-state index contributed by atoms with van der Waals surface area (Å²) in [5.74, 6) is -0.316. The van der Waals surface area contributed by atoms with Gasteiger partial charge >= 0.3 is 0 Å². The number of amides is 1. The number of benzene rings is 1. The summed E-state index contributed by atoms with van der Waals surface area (Å²) in [4.78, 5) is 13.2. The number of rotatable bonds is 5. The molecule has 0 aliphatic carbocycles. The van der Waals surface area contributed by atoms with Crippen molar-refractivity contribution in [2.24, 2.45) is 5.73 Å². The predicted octanol–water partition coefficient (Wildman–Crippen LogP) is 1.79. The lowest BCUT2D eigenvalue weighted by Crippen LogP contribution is -2.39. The SMILES string of the molecule is Cc1nn(-c2ccccc2)c(C)c1CN(C)[C@H](C)C(N)=O. The molecule has 2 N–H and O–H groups in total. The Bertz CT molecular complexity index is 633. The third-order valence-electron chi connectivity index (χ3n) is 3.92. The third kappa shape index (κ3) is 3.13. The number of primary amides is 1. The molecule has 5 heteroatoms. The fraction of sp³-hybridized carbons (Fsp3) is 0.375. The van der Waals surface area contributed by atoms with Crippen LogP contribution in [0.3, 0.4) is 0 Å². The molecule has 0 bridgehead atoms. The Balaban J connectivity index is 2.30. The minimum atomic E-state index is -0.316. The second-order valence-electron chi connectivity index (χ2n) is 5.39. The van der Waals surface area contributed by atoms with Gasteiger partial charge in [-0.3, -0.25) is 9.69 Å². The number of para-hydroxylation sites is 1. The maximum atomic E-state index is 11.3. The van der Waals surface area contributed by atoms with E-state index in [0.29, 0.717) is 6.54 Å². The number of hydrogen-bond acceptors (Lipinski definition) is 3. The van der Waals surface area contributed by atoms with Gasteiger partial charge in [0.1, 0.15) is 0 Å². The van der Waals surface area contributed by atoms with Crippen molar-refractivity contribution in [2.75, 3.05) is 7.05 Å². The second-order valence-corrected chi connectivity index (χ2v) is 5.39. The van der Waals surface area contributed by atoms with Crippen LogP contribution < -0.4 is 5.73 Å². The molecule has 1 atom stereocenters. The van der Waals surface area contributed by atoms with E-state index in [2.05, 4.69) is 5.10 Å². The van der Waals surface area contributed by atoms with Crippen LogP contribution in [0.2, 0.25) is 0 Å². The van der Waals surface area contributed by atoms with E-state index in [-0.39, 0.29) is 11.9 Å². The van der Waals surface area contributed by atoms with E-state index in [1.165, 1.54) is 0 Å². The van der Waals surface area contributed by atoms with Crippen molar-refractivity contribution in [1.82, 2.24) is 14.7 Å². The van der Waals surface area contributed by atoms with Crippen LogP contribution in [0.25, 0.3) is 5.69 Å². The second kappa shape index (κ2) is 6.10. The number of carbonyl (C=O) groups is 1.